The number of sulfonamides is 1. The van der Waals surface area contributed by atoms with Gasteiger partial charge in [0.25, 0.3) is 10.0 Å². The average molecular weight is 628 g/mol. The molecule has 11 heteroatoms. The molecule has 0 heterocycles. The molecule has 230 valence electrons. The van der Waals surface area contributed by atoms with E-state index < -0.39 is 28.5 Å². The lowest BCUT2D eigenvalue weighted by atomic mass is 10.1. The van der Waals surface area contributed by atoms with E-state index in [-0.39, 0.29) is 29.1 Å². The highest BCUT2D eigenvalue weighted by Crippen LogP contribution is 2.34. The van der Waals surface area contributed by atoms with Gasteiger partial charge in [0.15, 0.2) is 11.5 Å². The Kier molecular flexibility index (Phi) is 10.9. The van der Waals surface area contributed by atoms with Crippen molar-refractivity contribution in [2.75, 3.05) is 25.1 Å². The molecule has 0 bridgehead atoms. The Bertz CT molecular complexity index is 1510. The Morgan fingerprint density at radius 2 is 1.60 bits per heavy atom. The molecular formula is C32H38ClN3O6S. The summed E-state index contributed by atoms with van der Waals surface area (Å²) in [5.74, 6) is -0.110. The molecule has 1 atom stereocenters. The molecule has 0 aliphatic heterocycles. The van der Waals surface area contributed by atoms with Crippen molar-refractivity contribution >= 4 is 39.1 Å². The smallest absolute Gasteiger partial charge is 0.264 e. The Hall–Kier alpha value is -3.76. The van der Waals surface area contributed by atoms with Crippen LogP contribution in [0.1, 0.15) is 44.6 Å². The minimum Gasteiger partial charge on any atom is -0.493 e. The second kappa shape index (κ2) is 14.6. The predicted molar refractivity (Wildman–Crippen MR) is 167 cm³/mol. The van der Waals surface area contributed by atoms with Gasteiger partial charge < -0.3 is 19.7 Å². The second-order valence-corrected chi connectivity index (χ2v) is 12.7. The molecule has 1 saturated carbocycles. The first-order valence-corrected chi connectivity index (χ1v) is 16.1. The Balaban J connectivity index is 1.75. The molecule has 1 unspecified atom stereocenters. The number of nitrogens with zero attached hydrogens (tertiary/aromatic N) is 2. The largest absolute Gasteiger partial charge is 0.493 e. The number of ether oxygens (including phenoxy) is 2. The fourth-order valence-electron chi connectivity index (χ4n) is 5.33. The van der Waals surface area contributed by atoms with Gasteiger partial charge in [-0.2, -0.15) is 0 Å². The first-order chi connectivity index (χ1) is 20.7. The standard InChI is InChI=1S/C32H38ClN3O6S/c1-4-28(32(38)34-24-13-9-10-14-24)35(21-23-12-8-11-17-27(23)33)31(37)22-36(43(39,40)26-15-6-5-7-16-26)25-18-19-29(41-2)30(20-25)42-3/h5-8,11-12,15-20,24,28H,4,9-10,13-14,21-22H2,1-3H3,(H,34,38). The van der Waals surface area contributed by atoms with Crippen molar-refractivity contribution in [2.24, 2.45) is 0 Å². The van der Waals surface area contributed by atoms with Crippen molar-refractivity contribution in [3.63, 3.8) is 0 Å². The Morgan fingerprint density at radius 3 is 2.23 bits per heavy atom. The molecule has 43 heavy (non-hydrogen) atoms. The summed E-state index contributed by atoms with van der Waals surface area (Å²) < 4.78 is 39.9. The molecule has 9 nitrogen and oxygen atoms in total. The number of carbonyl (C=O) groups is 2. The van der Waals surface area contributed by atoms with E-state index >= 15 is 0 Å². The van der Waals surface area contributed by atoms with Gasteiger partial charge in [-0.1, -0.05) is 67.8 Å². The highest BCUT2D eigenvalue weighted by molar-refractivity contribution is 7.92. The maximum atomic E-state index is 14.3. The van der Waals surface area contributed by atoms with Crippen LogP contribution in [0.2, 0.25) is 5.02 Å². The lowest BCUT2D eigenvalue weighted by Crippen LogP contribution is -2.53. The Morgan fingerprint density at radius 1 is 0.953 bits per heavy atom. The van der Waals surface area contributed by atoms with Gasteiger partial charge in [-0.25, -0.2) is 8.42 Å². The fraction of sp³-hybridized carbons (Fsp3) is 0.375. The topological polar surface area (TPSA) is 105 Å². The van der Waals surface area contributed by atoms with Gasteiger partial charge in [0.2, 0.25) is 11.8 Å². The van der Waals surface area contributed by atoms with Crippen LogP contribution in [0.3, 0.4) is 0 Å². The van der Waals surface area contributed by atoms with Gasteiger partial charge in [0.1, 0.15) is 12.6 Å². The minimum atomic E-state index is -4.22. The van der Waals surface area contributed by atoms with Crippen molar-refractivity contribution < 1.29 is 27.5 Å². The summed E-state index contributed by atoms with van der Waals surface area (Å²) in [4.78, 5) is 29.3. The van der Waals surface area contributed by atoms with E-state index in [1.807, 2.05) is 6.92 Å². The maximum Gasteiger partial charge on any atom is 0.264 e. The number of benzene rings is 3. The molecule has 0 spiro atoms. The third kappa shape index (κ3) is 7.61. The molecule has 1 N–H and O–H groups in total. The molecule has 2 amide bonds. The van der Waals surface area contributed by atoms with E-state index in [4.69, 9.17) is 21.1 Å². The lowest BCUT2D eigenvalue weighted by molar-refractivity contribution is -0.140. The number of carbonyl (C=O) groups excluding carboxylic acids is 2. The van der Waals surface area contributed by atoms with E-state index in [2.05, 4.69) is 5.32 Å². The lowest BCUT2D eigenvalue weighted by Gasteiger charge is -2.34. The summed E-state index contributed by atoms with van der Waals surface area (Å²) in [5.41, 5.74) is 0.851. The first-order valence-electron chi connectivity index (χ1n) is 14.3. The van der Waals surface area contributed by atoms with Crippen molar-refractivity contribution in [3.05, 3.63) is 83.4 Å². The molecule has 1 fully saturated rings. The minimum absolute atomic E-state index is 0.0151. The molecule has 0 aromatic heterocycles. The van der Waals surface area contributed by atoms with Crippen LogP contribution in [-0.4, -0.2) is 58.0 Å². The summed E-state index contributed by atoms with van der Waals surface area (Å²) >= 11 is 6.48. The zero-order chi connectivity index (χ0) is 31.0. The third-order valence-electron chi connectivity index (χ3n) is 7.65. The Labute approximate surface area is 258 Å². The molecule has 1 aliphatic rings. The number of rotatable bonds is 13. The van der Waals surface area contributed by atoms with Gasteiger partial charge in [-0.3, -0.25) is 13.9 Å². The van der Waals surface area contributed by atoms with Crippen LogP contribution in [0.15, 0.2) is 77.7 Å². The number of halogens is 1. The number of methoxy groups -OCH3 is 2. The van der Waals surface area contributed by atoms with Crippen LogP contribution in [0.25, 0.3) is 0 Å². The van der Waals surface area contributed by atoms with Gasteiger partial charge >= 0.3 is 0 Å². The first kappa shape index (κ1) is 32.2. The number of anilines is 1. The van der Waals surface area contributed by atoms with Crippen LogP contribution < -0.4 is 19.1 Å². The number of nitrogens with one attached hydrogen (secondary N) is 1. The summed E-state index contributed by atoms with van der Waals surface area (Å²) in [6, 6.07) is 18.8. The average Bonchev–Trinajstić information content (AvgIpc) is 3.53. The number of amides is 2. The van der Waals surface area contributed by atoms with E-state index in [9.17, 15) is 18.0 Å². The third-order valence-corrected chi connectivity index (χ3v) is 9.81. The zero-order valence-electron chi connectivity index (χ0n) is 24.7. The quantitative estimate of drug-likeness (QED) is 0.271. The van der Waals surface area contributed by atoms with Crippen LogP contribution in [0.4, 0.5) is 5.69 Å². The summed E-state index contributed by atoms with van der Waals surface area (Å²) in [5, 5.41) is 3.55. The summed E-state index contributed by atoms with van der Waals surface area (Å²) in [6.45, 7) is 1.29. The van der Waals surface area contributed by atoms with Crippen molar-refractivity contribution in [3.8, 4) is 11.5 Å². The summed E-state index contributed by atoms with van der Waals surface area (Å²) in [7, 11) is -1.29. The van der Waals surface area contributed by atoms with E-state index in [1.165, 1.54) is 37.3 Å². The molecule has 4 rings (SSSR count). The number of hydrogen-bond donors (Lipinski definition) is 1. The molecule has 3 aromatic carbocycles. The van der Waals surface area contributed by atoms with Crippen LogP contribution in [0, 0.1) is 0 Å². The van der Waals surface area contributed by atoms with Gasteiger partial charge in [0.05, 0.1) is 24.8 Å². The molecule has 1 aliphatic carbocycles. The summed E-state index contributed by atoms with van der Waals surface area (Å²) in [6.07, 6.45) is 4.20. The van der Waals surface area contributed by atoms with E-state index in [1.54, 1.807) is 54.6 Å². The SMILES string of the molecule is CCC(C(=O)NC1CCCC1)N(Cc1ccccc1Cl)C(=O)CN(c1ccc(OC)c(OC)c1)S(=O)(=O)c1ccccc1. The maximum absolute atomic E-state index is 14.3. The molecule has 3 aromatic rings. The van der Waals surface area contributed by atoms with Crippen molar-refractivity contribution in [2.45, 2.75) is 62.6 Å². The molecule has 0 saturated heterocycles. The van der Waals surface area contributed by atoms with Crippen LogP contribution >= 0.6 is 11.6 Å². The van der Waals surface area contributed by atoms with Crippen LogP contribution in [-0.2, 0) is 26.2 Å². The highest BCUT2D eigenvalue weighted by Gasteiger charge is 2.35. The van der Waals surface area contributed by atoms with Crippen molar-refractivity contribution in [1.29, 1.82) is 0 Å². The normalized spacial score (nSPS) is 14.1. The van der Waals surface area contributed by atoms with Gasteiger partial charge in [-0.15, -0.1) is 0 Å². The number of hydrogen-bond acceptors (Lipinski definition) is 6. The fourth-order valence-corrected chi connectivity index (χ4v) is 6.95. The zero-order valence-corrected chi connectivity index (χ0v) is 26.2. The van der Waals surface area contributed by atoms with E-state index in [0.29, 0.717) is 28.5 Å². The van der Waals surface area contributed by atoms with Crippen LogP contribution in [0.5, 0.6) is 11.5 Å². The van der Waals surface area contributed by atoms with E-state index in [0.717, 1.165) is 30.0 Å². The predicted octanol–water partition coefficient (Wildman–Crippen LogP) is 5.42. The molecular weight excluding hydrogens is 590 g/mol. The van der Waals surface area contributed by atoms with Gasteiger partial charge in [0, 0.05) is 23.7 Å². The highest BCUT2D eigenvalue weighted by atomic mass is 35.5. The second-order valence-electron chi connectivity index (χ2n) is 10.4. The van der Waals surface area contributed by atoms with Gasteiger partial charge in [-0.05, 0) is 55.2 Å². The monoisotopic (exact) mass is 627 g/mol. The van der Waals surface area contributed by atoms with Crippen molar-refractivity contribution in [1.82, 2.24) is 10.2 Å². The molecule has 0 radical (unpaired) electrons.